The van der Waals surface area contributed by atoms with Crippen molar-refractivity contribution in [3.05, 3.63) is 97.1 Å². The molecule has 0 aromatic heterocycles. The number of aryl methyl sites for hydroxylation is 1. The maximum atomic E-state index is 12.8. The Kier molecular flexibility index (Phi) is 6.19. The molecule has 0 fully saturated rings. The molecule has 0 N–H and O–H groups in total. The third-order valence-corrected chi connectivity index (χ3v) is 5.82. The first-order valence-electron chi connectivity index (χ1n) is 9.27. The molecule has 0 radical (unpaired) electrons. The van der Waals surface area contributed by atoms with Crippen molar-refractivity contribution in [1.82, 2.24) is 0 Å². The Balaban J connectivity index is 1.53. The van der Waals surface area contributed by atoms with Crippen molar-refractivity contribution in [2.45, 2.75) is 6.92 Å². The summed E-state index contributed by atoms with van der Waals surface area (Å²) in [5.74, 6) is 0.592. The first-order chi connectivity index (χ1) is 14.8. The van der Waals surface area contributed by atoms with Gasteiger partial charge in [-0.15, -0.1) is 0 Å². The fourth-order valence-corrected chi connectivity index (χ4v) is 3.92. The molecule has 4 rings (SSSR count). The summed E-state index contributed by atoms with van der Waals surface area (Å²) in [4.78, 5) is 25.2. The van der Waals surface area contributed by atoms with Crippen LogP contribution in [0, 0.1) is 6.92 Å². The average Bonchev–Trinajstić information content (AvgIpc) is 3.04. The van der Waals surface area contributed by atoms with Crippen LogP contribution in [-0.2, 0) is 0 Å². The Morgan fingerprint density at radius 2 is 1.84 bits per heavy atom. The highest BCUT2D eigenvalue weighted by atomic mass is 79.9. The SMILES string of the molecule is Cc1cc(OCC(=O)c2ccc(Br)cc2)cc2c1C(=O)/C(=C/c1ccc(Cl)cc1Cl)O2. The molecule has 3 aromatic rings. The lowest BCUT2D eigenvalue weighted by atomic mass is 10.0. The number of ether oxygens (including phenoxy) is 2. The normalized spacial score (nSPS) is 13.8. The van der Waals surface area contributed by atoms with E-state index in [4.69, 9.17) is 32.7 Å². The number of fused-ring (bicyclic) bond motifs is 1. The van der Waals surface area contributed by atoms with E-state index in [2.05, 4.69) is 15.9 Å². The van der Waals surface area contributed by atoms with Crippen molar-refractivity contribution in [3.63, 3.8) is 0 Å². The van der Waals surface area contributed by atoms with E-state index >= 15 is 0 Å². The summed E-state index contributed by atoms with van der Waals surface area (Å²) in [7, 11) is 0. The van der Waals surface area contributed by atoms with E-state index in [1.54, 1.807) is 67.6 Å². The summed E-state index contributed by atoms with van der Waals surface area (Å²) < 4.78 is 12.3. The van der Waals surface area contributed by atoms with Gasteiger partial charge in [-0.05, 0) is 54.5 Å². The van der Waals surface area contributed by atoms with Crippen molar-refractivity contribution >= 4 is 56.8 Å². The largest absolute Gasteiger partial charge is 0.485 e. The summed E-state index contributed by atoms with van der Waals surface area (Å²) in [6.45, 7) is 1.67. The molecule has 31 heavy (non-hydrogen) atoms. The number of halogens is 3. The van der Waals surface area contributed by atoms with Gasteiger partial charge in [0.05, 0.1) is 5.56 Å². The van der Waals surface area contributed by atoms with E-state index in [1.165, 1.54) is 0 Å². The minimum atomic E-state index is -0.240. The maximum absolute atomic E-state index is 12.8. The molecule has 4 nitrogen and oxygen atoms in total. The number of ketones is 2. The van der Waals surface area contributed by atoms with Crippen molar-refractivity contribution in [2.24, 2.45) is 0 Å². The van der Waals surface area contributed by atoms with E-state index in [0.29, 0.717) is 43.8 Å². The van der Waals surface area contributed by atoms with Gasteiger partial charge in [0.25, 0.3) is 0 Å². The van der Waals surface area contributed by atoms with Crippen LogP contribution in [0.1, 0.15) is 31.8 Å². The van der Waals surface area contributed by atoms with E-state index in [1.807, 2.05) is 0 Å². The molecule has 0 saturated heterocycles. The standard InChI is InChI=1S/C24H15BrCl2O4/c1-13-8-18(30-12-20(28)14-2-5-16(25)6-3-14)11-21-23(13)24(29)22(31-21)9-15-4-7-17(26)10-19(15)27/h2-11H,12H2,1H3/b22-9-. The van der Waals surface area contributed by atoms with E-state index in [0.717, 1.165) is 4.47 Å². The monoisotopic (exact) mass is 516 g/mol. The first kappa shape index (κ1) is 21.6. The lowest BCUT2D eigenvalue weighted by Gasteiger charge is -2.09. The van der Waals surface area contributed by atoms with Crippen LogP contribution < -0.4 is 9.47 Å². The molecule has 0 atom stereocenters. The van der Waals surface area contributed by atoms with Crippen LogP contribution in [-0.4, -0.2) is 18.2 Å². The summed E-state index contributed by atoms with van der Waals surface area (Å²) in [5, 5.41) is 0.920. The second-order valence-corrected chi connectivity index (χ2v) is 8.70. The van der Waals surface area contributed by atoms with Gasteiger partial charge in [0.2, 0.25) is 5.78 Å². The Labute approximate surface area is 197 Å². The zero-order chi connectivity index (χ0) is 22.1. The number of benzene rings is 3. The first-order valence-corrected chi connectivity index (χ1v) is 10.8. The molecular formula is C24H15BrCl2O4. The second kappa shape index (κ2) is 8.87. The average molecular weight is 518 g/mol. The molecule has 1 heterocycles. The summed E-state index contributed by atoms with van der Waals surface area (Å²) >= 11 is 15.5. The van der Waals surface area contributed by atoms with Gasteiger partial charge in [0.1, 0.15) is 11.5 Å². The van der Waals surface area contributed by atoms with Crippen LogP contribution in [0.5, 0.6) is 11.5 Å². The molecule has 0 spiro atoms. The van der Waals surface area contributed by atoms with Crippen LogP contribution >= 0.6 is 39.1 Å². The van der Waals surface area contributed by atoms with E-state index in [9.17, 15) is 9.59 Å². The lowest BCUT2D eigenvalue weighted by Crippen LogP contribution is -2.11. The van der Waals surface area contributed by atoms with Gasteiger partial charge >= 0.3 is 0 Å². The molecular weight excluding hydrogens is 503 g/mol. The van der Waals surface area contributed by atoms with Gasteiger partial charge in [-0.1, -0.05) is 57.3 Å². The number of rotatable bonds is 5. The van der Waals surface area contributed by atoms with Crippen molar-refractivity contribution in [2.75, 3.05) is 6.61 Å². The molecule has 156 valence electrons. The number of carbonyl (C=O) groups excluding carboxylic acids is 2. The van der Waals surface area contributed by atoms with Crippen molar-refractivity contribution < 1.29 is 19.1 Å². The Hall–Kier alpha value is -2.60. The molecule has 3 aromatic carbocycles. The van der Waals surface area contributed by atoms with Gasteiger partial charge in [-0.25, -0.2) is 0 Å². The predicted octanol–water partition coefficient (Wildman–Crippen LogP) is 6.94. The third-order valence-electron chi connectivity index (χ3n) is 4.73. The molecule has 7 heteroatoms. The number of Topliss-reactive ketones (excluding diaryl/α,β-unsaturated/α-hetero) is 2. The van der Waals surface area contributed by atoms with Crippen LogP contribution in [0.3, 0.4) is 0 Å². The highest BCUT2D eigenvalue weighted by Gasteiger charge is 2.30. The summed E-state index contributed by atoms with van der Waals surface area (Å²) in [6, 6.07) is 15.4. The fraction of sp³-hybridized carbons (Fsp3) is 0.0833. The molecule has 0 bridgehead atoms. The van der Waals surface area contributed by atoms with E-state index < -0.39 is 0 Å². The van der Waals surface area contributed by atoms with Crippen LogP contribution in [0.4, 0.5) is 0 Å². The quantitative estimate of drug-likeness (QED) is 0.271. The molecule has 1 aliphatic rings. The smallest absolute Gasteiger partial charge is 0.232 e. The van der Waals surface area contributed by atoms with Gasteiger partial charge in [-0.2, -0.15) is 0 Å². The minimum Gasteiger partial charge on any atom is -0.485 e. The number of hydrogen-bond donors (Lipinski definition) is 0. The van der Waals surface area contributed by atoms with Crippen molar-refractivity contribution in [3.8, 4) is 11.5 Å². The zero-order valence-electron chi connectivity index (χ0n) is 16.2. The van der Waals surface area contributed by atoms with Gasteiger partial charge in [0.15, 0.2) is 18.1 Å². The zero-order valence-corrected chi connectivity index (χ0v) is 19.3. The molecule has 0 saturated carbocycles. The highest BCUT2D eigenvalue weighted by Crippen LogP contribution is 2.38. The minimum absolute atomic E-state index is 0.128. The topological polar surface area (TPSA) is 52.6 Å². The second-order valence-electron chi connectivity index (χ2n) is 6.94. The highest BCUT2D eigenvalue weighted by molar-refractivity contribution is 9.10. The molecule has 0 aliphatic carbocycles. The maximum Gasteiger partial charge on any atom is 0.232 e. The van der Waals surface area contributed by atoms with Gasteiger partial charge in [-0.3, -0.25) is 9.59 Å². The van der Waals surface area contributed by atoms with Crippen LogP contribution in [0.25, 0.3) is 6.08 Å². The predicted molar refractivity (Wildman–Crippen MR) is 125 cm³/mol. The van der Waals surface area contributed by atoms with Crippen molar-refractivity contribution in [1.29, 1.82) is 0 Å². The summed E-state index contributed by atoms with van der Waals surface area (Å²) in [6.07, 6.45) is 1.58. The Morgan fingerprint density at radius 3 is 2.55 bits per heavy atom. The Morgan fingerprint density at radius 1 is 1.10 bits per heavy atom. The number of carbonyl (C=O) groups is 2. The lowest BCUT2D eigenvalue weighted by molar-refractivity contribution is 0.0920. The van der Waals surface area contributed by atoms with Gasteiger partial charge < -0.3 is 9.47 Å². The third kappa shape index (κ3) is 4.69. The molecule has 0 amide bonds. The number of hydrogen-bond acceptors (Lipinski definition) is 4. The van der Waals surface area contributed by atoms with Gasteiger partial charge in [0, 0.05) is 26.1 Å². The molecule has 1 aliphatic heterocycles. The number of allylic oxidation sites excluding steroid dienone is 1. The van der Waals surface area contributed by atoms with Crippen LogP contribution in [0.2, 0.25) is 10.0 Å². The molecule has 0 unspecified atom stereocenters. The summed E-state index contributed by atoms with van der Waals surface area (Å²) in [5.41, 5.74) is 2.33. The fourth-order valence-electron chi connectivity index (χ4n) is 3.19. The Bertz CT molecular complexity index is 1230. The van der Waals surface area contributed by atoms with E-state index in [-0.39, 0.29) is 23.9 Å². The van der Waals surface area contributed by atoms with Crippen LogP contribution in [0.15, 0.2) is 64.8 Å².